The van der Waals surface area contributed by atoms with Gasteiger partial charge in [0.1, 0.15) is 16.5 Å². The summed E-state index contributed by atoms with van der Waals surface area (Å²) in [5.74, 6) is 1.50. The fourth-order valence-corrected chi connectivity index (χ4v) is 2.56. The third-order valence-electron chi connectivity index (χ3n) is 2.88. The Morgan fingerprint density at radius 3 is 2.52 bits per heavy atom. The number of nitrogens with zero attached hydrogens (tertiary/aromatic N) is 2. The molecule has 2 rings (SSSR count). The summed E-state index contributed by atoms with van der Waals surface area (Å²) in [5.41, 5.74) is 0.988. The Kier molecular flexibility index (Phi) is 4.80. The van der Waals surface area contributed by atoms with E-state index in [1.165, 1.54) is 0 Å². The van der Waals surface area contributed by atoms with Crippen LogP contribution in [0.2, 0.25) is 0 Å². The lowest BCUT2D eigenvalue weighted by Gasteiger charge is -2.19. The topological polar surface area (TPSA) is 56.3 Å². The van der Waals surface area contributed by atoms with E-state index < -0.39 is 0 Å². The van der Waals surface area contributed by atoms with Crippen LogP contribution in [0.25, 0.3) is 10.6 Å². The van der Waals surface area contributed by atoms with Crippen molar-refractivity contribution < 1.29 is 9.47 Å². The van der Waals surface area contributed by atoms with Gasteiger partial charge in [-0.05, 0) is 32.9 Å². The first kappa shape index (κ1) is 15.7. The molecule has 114 valence electrons. The first-order chi connectivity index (χ1) is 9.93. The Morgan fingerprint density at radius 1 is 1.14 bits per heavy atom. The van der Waals surface area contributed by atoms with Crippen LogP contribution in [-0.2, 0) is 6.54 Å². The normalized spacial score (nSPS) is 11.5. The maximum Gasteiger partial charge on any atom is 0.151 e. The highest BCUT2D eigenvalue weighted by atomic mass is 32.1. The zero-order valence-corrected chi connectivity index (χ0v) is 13.9. The van der Waals surface area contributed by atoms with E-state index in [4.69, 9.17) is 9.47 Å². The van der Waals surface area contributed by atoms with Crippen LogP contribution in [0.5, 0.6) is 11.5 Å². The molecule has 0 saturated carbocycles. The number of ether oxygens (including phenoxy) is 2. The quantitative estimate of drug-likeness (QED) is 0.920. The molecule has 0 aliphatic rings. The molecule has 6 heteroatoms. The van der Waals surface area contributed by atoms with Crippen molar-refractivity contribution in [2.75, 3.05) is 14.2 Å². The predicted octanol–water partition coefficient (Wildman–Crippen LogP) is 3.11. The molecule has 0 bridgehead atoms. The van der Waals surface area contributed by atoms with Gasteiger partial charge < -0.3 is 14.8 Å². The summed E-state index contributed by atoms with van der Waals surface area (Å²) >= 11 is 1.56. The van der Waals surface area contributed by atoms with Crippen molar-refractivity contribution in [3.05, 3.63) is 23.2 Å². The van der Waals surface area contributed by atoms with Gasteiger partial charge in [-0.25, -0.2) is 0 Å². The second-order valence-electron chi connectivity index (χ2n) is 5.67. The summed E-state index contributed by atoms with van der Waals surface area (Å²) in [7, 11) is 3.27. The highest BCUT2D eigenvalue weighted by molar-refractivity contribution is 7.14. The molecular weight excluding hydrogens is 286 g/mol. The monoisotopic (exact) mass is 307 g/mol. The van der Waals surface area contributed by atoms with E-state index in [9.17, 15) is 0 Å². The molecule has 0 fully saturated rings. The summed E-state index contributed by atoms with van der Waals surface area (Å²) in [6.45, 7) is 7.09. The maximum absolute atomic E-state index is 5.41. The molecule has 1 heterocycles. The summed E-state index contributed by atoms with van der Waals surface area (Å²) in [6.07, 6.45) is 0. The lowest BCUT2D eigenvalue weighted by Crippen LogP contribution is -2.35. The van der Waals surface area contributed by atoms with Crippen LogP contribution in [0.4, 0.5) is 0 Å². The molecule has 0 saturated heterocycles. The number of nitrogens with one attached hydrogen (secondary N) is 1. The number of aromatic nitrogens is 2. The molecule has 0 spiro atoms. The van der Waals surface area contributed by atoms with Gasteiger partial charge in [0, 0.05) is 11.6 Å². The lowest BCUT2D eigenvalue weighted by molar-refractivity contribution is 0.395. The second-order valence-corrected chi connectivity index (χ2v) is 6.73. The first-order valence-corrected chi connectivity index (χ1v) is 7.54. The Bertz CT molecular complexity index is 605. The fraction of sp³-hybridized carbons (Fsp3) is 0.467. The smallest absolute Gasteiger partial charge is 0.151 e. The summed E-state index contributed by atoms with van der Waals surface area (Å²) in [4.78, 5) is 0. The Balaban J connectivity index is 2.21. The van der Waals surface area contributed by atoms with Gasteiger partial charge in [0.25, 0.3) is 0 Å². The molecule has 0 radical (unpaired) electrons. The van der Waals surface area contributed by atoms with E-state index >= 15 is 0 Å². The molecule has 21 heavy (non-hydrogen) atoms. The van der Waals surface area contributed by atoms with Crippen molar-refractivity contribution in [2.45, 2.75) is 32.9 Å². The van der Waals surface area contributed by atoms with E-state index in [2.05, 4.69) is 36.3 Å². The molecule has 2 aromatic rings. The van der Waals surface area contributed by atoms with Crippen molar-refractivity contribution in [3.63, 3.8) is 0 Å². The zero-order chi connectivity index (χ0) is 15.5. The van der Waals surface area contributed by atoms with Crippen LogP contribution in [0.1, 0.15) is 25.8 Å². The maximum atomic E-state index is 5.41. The lowest BCUT2D eigenvalue weighted by atomic mass is 10.1. The van der Waals surface area contributed by atoms with E-state index in [1.54, 1.807) is 25.6 Å². The van der Waals surface area contributed by atoms with Gasteiger partial charge in [0.05, 0.1) is 26.3 Å². The SMILES string of the molecule is COc1ccc(-c2nnc(CNC(C)(C)C)s2)c(OC)c1. The van der Waals surface area contributed by atoms with E-state index in [-0.39, 0.29) is 5.54 Å². The van der Waals surface area contributed by atoms with Gasteiger partial charge in [-0.15, -0.1) is 10.2 Å². The average Bonchev–Trinajstić information content (AvgIpc) is 2.92. The fourth-order valence-electron chi connectivity index (χ4n) is 1.75. The number of hydrogen-bond acceptors (Lipinski definition) is 6. The van der Waals surface area contributed by atoms with E-state index in [1.807, 2.05) is 18.2 Å². The van der Waals surface area contributed by atoms with E-state index in [0.717, 1.165) is 27.1 Å². The Labute approximate surface area is 129 Å². The number of rotatable bonds is 5. The van der Waals surface area contributed by atoms with Gasteiger partial charge >= 0.3 is 0 Å². The minimum absolute atomic E-state index is 0.0592. The summed E-state index contributed by atoms with van der Waals surface area (Å²) in [6, 6.07) is 5.69. The highest BCUT2D eigenvalue weighted by Gasteiger charge is 2.14. The Morgan fingerprint density at radius 2 is 1.90 bits per heavy atom. The number of methoxy groups -OCH3 is 2. The van der Waals surface area contributed by atoms with Crippen molar-refractivity contribution in [3.8, 4) is 22.1 Å². The standard InChI is InChI=1S/C15H21N3O2S/c1-15(2,3)16-9-13-17-18-14(21-13)11-7-6-10(19-4)8-12(11)20-5/h6-8,16H,9H2,1-5H3. The highest BCUT2D eigenvalue weighted by Crippen LogP contribution is 2.34. The van der Waals surface area contributed by atoms with Gasteiger partial charge in [-0.1, -0.05) is 11.3 Å². The average molecular weight is 307 g/mol. The molecule has 0 aliphatic carbocycles. The van der Waals surface area contributed by atoms with Gasteiger partial charge in [-0.3, -0.25) is 0 Å². The third-order valence-corrected chi connectivity index (χ3v) is 3.83. The van der Waals surface area contributed by atoms with Crippen LogP contribution >= 0.6 is 11.3 Å². The molecule has 0 aliphatic heterocycles. The molecule has 0 atom stereocenters. The van der Waals surface area contributed by atoms with Crippen molar-refractivity contribution in [2.24, 2.45) is 0 Å². The second kappa shape index (κ2) is 6.41. The molecule has 1 aromatic heterocycles. The molecule has 0 amide bonds. The van der Waals surface area contributed by atoms with Crippen LogP contribution in [0, 0.1) is 0 Å². The first-order valence-electron chi connectivity index (χ1n) is 6.73. The van der Waals surface area contributed by atoms with Crippen molar-refractivity contribution in [1.82, 2.24) is 15.5 Å². The summed E-state index contributed by atoms with van der Waals surface area (Å²) < 4.78 is 10.6. The zero-order valence-electron chi connectivity index (χ0n) is 13.1. The minimum Gasteiger partial charge on any atom is -0.497 e. The molecular formula is C15H21N3O2S. The van der Waals surface area contributed by atoms with Crippen LogP contribution in [0.3, 0.4) is 0 Å². The predicted molar refractivity (Wildman–Crippen MR) is 85.0 cm³/mol. The molecule has 1 aromatic carbocycles. The van der Waals surface area contributed by atoms with Gasteiger partial charge in [-0.2, -0.15) is 0 Å². The molecule has 5 nitrogen and oxygen atoms in total. The molecule has 1 N–H and O–H groups in total. The Hall–Kier alpha value is -1.66. The molecule has 0 unspecified atom stereocenters. The number of benzene rings is 1. The van der Waals surface area contributed by atoms with Crippen LogP contribution in [-0.4, -0.2) is 30.0 Å². The minimum atomic E-state index is 0.0592. The van der Waals surface area contributed by atoms with Crippen LogP contribution in [0.15, 0.2) is 18.2 Å². The van der Waals surface area contributed by atoms with Crippen molar-refractivity contribution in [1.29, 1.82) is 0 Å². The van der Waals surface area contributed by atoms with E-state index in [0.29, 0.717) is 6.54 Å². The van der Waals surface area contributed by atoms with Crippen LogP contribution < -0.4 is 14.8 Å². The third kappa shape index (κ3) is 4.15. The largest absolute Gasteiger partial charge is 0.497 e. The number of hydrogen-bond donors (Lipinski definition) is 1. The summed E-state index contributed by atoms with van der Waals surface area (Å²) in [5, 5.41) is 13.7. The van der Waals surface area contributed by atoms with Crippen molar-refractivity contribution >= 4 is 11.3 Å². The van der Waals surface area contributed by atoms with Gasteiger partial charge in [0.15, 0.2) is 5.01 Å². The van der Waals surface area contributed by atoms with Gasteiger partial charge in [0.2, 0.25) is 0 Å².